The van der Waals surface area contributed by atoms with Crippen LogP contribution in [0.1, 0.15) is 0 Å². The summed E-state index contributed by atoms with van der Waals surface area (Å²) >= 11 is 9.44. The van der Waals surface area contributed by atoms with Gasteiger partial charge in [-0.2, -0.15) is 0 Å². The highest BCUT2D eigenvalue weighted by Gasteiger charge is 2.06. The van der Waals surface area contributed by atoms with Crippen molar-refractivity contribution in [3.63, 3.8) is 0 Å². The van der Waals surface area contributed by atoms with Gasteiger partial charge in [0.25, 0.3) is 0 Å². The molecule has 3 aromatic rings. The molecule has 1 heterocycles. The second-order valence-electron chi connectivity index (χ2n) is 4.00. The molecule has 0 N–H and O–H groups in total. The average molecular weight is 335 g/mol. The SMILES string of the molecule is Clc1ccc2c(Oc3ccccc3Br)ccnc2c1. The minimum Gasteiger partial charge on any atom is -0.455 e. The zero-order valence-corrected chi connectivity index (χ0v) is 12.1. The number of benzene rings is 2. The largest absolute Gasteiger partial charge is 0.455 e. The molecule has 0 radical (unpaired) electrons. The highest BCUT2D eigenvalue weighted by atomic mass is 79.9. The van der Waals surface area contributed by atoms with Crippen molar-refractivity contribution in [1.29, 1.82) is 0 Å². The van der Waals surface area contributed by atoms with E-state index in [2.05, 4.69) is 20.9 Å². The lowest BCUT2D eigenvalue weighted by Crippen LogP contribution is -1.88. The van der Waals surface area contributed by atoms with Crippen LogP contribution in [0.2, 0.25) is 5.02 Å². The summed E-state index contributed by atoms with van der Waals surface area (Å²) in [4.78, 5) is 4.29. The van der Waals surface area contributed by atoms with E-state index in [-0.39, 0.29) is 0 Å². The lowest BCUT2D eigenvalue weighted by molar-refractivity contribution is 0.485. The van der Waals surface area contributed by atoms with Crippen molar-refractivity contribution in [3.8, 4) is 11.5 Å². The van der Waals surface area contributed by atoms with Gasteiger partial charge in [-0.05, 0) is 52.3 Å². The lowest BCUT2D eigenvalue weighted by Gasteiger charge is -2.10. The van der Waals surface area contributed by atoms with E-state index >= 15 is 0 Å². The molecular weight excluding hydrogens is 326 g/mol. The second kappa shape index (κ2) is 5.19. The number of hydrogen-bond donors (Lipinski definition) is 0. The van der Waals surface area contributed by atoms with E-state index in [0.717, 1.165) is 26.9 Å². The first kappa shape index (κ1) is 12.5. The summed E-state index contributed by atoms with van der Waals surface area (Å²) in [5.41, 5.74) is 0.817. The molecule has 0 aliphatic rings. The predicted octanol–water partition coefficient (Wildman–Crippen LogP) is 5.44. The topological polar surface area (TPSA) is 22.1 Å². The maximum atomic E-state index is 5.97. The van der Waals surface area contributed by atoms with Crippen LogP contribution in [0, 0.1) is 0 Å². The van der Waals surface area contributed by atoms with E-state index in [0.29, 0.717) is 5.02 Å². The Kier molecular flexibility index (Phi) is 3.40. The van der Waals surface area contributed by atoms with Gasteiger partial charge in [0.05, 0.1) is 9.99 Å². The maximum Gasteiger partial charge on any atom is 0.141 e. The van der Waals surface area contributed by atoms with Crippen LogP contribution in [0.3, 0.4) is 0 Å². The van der Waals surface area contributed by atoms with Crippen molar-refractivity contribution in [2.75, 3.05) is 0 Å². The van der Waals surface area contributed by atoms with Crippen molar-refractivity contribution in [2.24, 2.45) is 0 Å². The third-order valence-corrected chi connectivity index (χ3v) is 3.61. The van der Waals surface area contributed by atoms with Crippen molar-refractivity contribution >= 4 is 38.4 Å². The summed E-state index contributed by atoms with van der Waals surface area (Å²) < 4.78 is 6.84. The Bertz CT molecular complexity index is 745. The summed E-state index contributed by atoms with van der Waals surface area (Å²) in [5, 5.41) is 1.60. The van der Waals surface area contributed by atoms with E-state index in [1.807, 2.05) is 48.5 Å². The van der Waals surface area contributed by atoms with Gasteiger partial charge in [-0.25, -0.2) is 0 Å². The van der Waals surface area contributed by atoms with Gasteiger partial charge in [0.1, 0.15) is 11.5 Å². The molecule has 94 valence electrons. The van der Waals surface area contributed by atoms with Gasteiger partial charge in [0.2, 0.25) is 0 Å². The molecule has 0 bridgehead atoms. The van der Waals surface area contributed by atoms with Crippen LogP contribution in [-0.4, -0.2) is 4.98 Å². The smallest absolute Gasteiger partial charge is 0.141 e. The first-order chi connectivity index (χ1) is 9.24. The highest BCUT2D eigenvalue weighted by Crippen LogP contribution is 2.33. The summed E-state index contributed by atoms with van der Waals surface area (Å²) in [7, 11) is 0. The Hall–Kier alpha value is -1.58. The number of ether oxygens (including phenoxy) is 1. The zero-order chi connectivity index (χ0) is 13.2. The fourth-order valence-electron chi connectivity index (χ4n) is 1.83. The second-order valence-corrected chi connectivity index (χ2v) is 5.29. The average Bonchev–Trinajstić information content (AvgIpc) is 2.41. The first-order valence-electron chi connectivity index (χ1n) is 5.71. The molecule has 0 aliphatic carbocycles. The van der Waals surface area contributed by atoms with Crippen LogP contribution in [0.5, 0.6) is 11.5 Å². The molecule has 1 aromatic heterocycles. The Morgan fingerprint density at radius 3 is 2.68 bits per heavy atom. The Labute approximate surface area is 124 Å². The number of para-hydroxylation sites is 1. The third-order valence-electron chi connectivity index (χ3n) is 2.72. The minimum atomic E-state index is 0.665. The monoisotopic (exact) mass is 333 g/mol. The van der Waals surface area contributed by atoms with Crippen LogP contribution in [0.15, 0.2) is 59.2 Å². The fraction of sp³-hybridized carbons (Fsp3) is 0. The normalized spacial score (nSPS) is 10.6. The number of fused-ring (bicyclic) bond motifs is 1. The molecule has 2 nitrogen and oxygen atoms in total. The van der Waals surface area contributed by atoms with E-state index < -0.39 is 0 Å². The molecule has 2 aromatic carbocycles. The molecule has 0 amide bonds. The quantitative estimate of drug-likeness (QED) is 0.622. The molecule has 0 aliphatic heterocycles. The summed E-state index contributed by atoms with van der Waals surface area (Å²) in [6.45, 7) is 0. The van der Waals surface area contributed by atoms with E-state index in [9.17, 15) is 0 Å². The van der Waals surface area contributed by atoms with Crippen LogP contribution in [0.4, 0.5) is 0 Å². The van der Waals surface area contributed by atoms with Gasteiger partial charge in [-0.1, -0.05) is 23.7 Å². The van der Waals surface area contributed by atoms with E-state index in [1.54, 1.807) is 6.20 Å². The molecule has 0 spiro atoms. The number of halogens is 2. The minimum absolute atomic E-state index is 0.665. The van der Waals surface area contributed by atoms with Crippen LogP contribution < -0.4 is 4.74 Å². The van der Waals surface area contributed by atoms with Gasteiger partial charge < -0.3 is 4.74 Å². The van der Waals surface area contributed by atoms with E-state index in [4.69, 9.17) is 16.3 Å². The fourth-order valence-corrected chi connectivity index (χ4v) is 2.36. The summed E-state index contributed by atoms with van der Waals surface area (Å²) in [6, 6.07) is 15.1. The van der Waals surface area contributed by atoms with Gasteiger partial charge in [0.15, 0.2) is 0 Å². The Balaban J connectivity index is 2.09. The third kappa shape index (κ3) is 2.57. The molecule has 4 heteroatoms. The Morgan fingerprint density at radius 1 is 1.00 bits per heavy atom. The van der Waals surface area contributed by atoms with Gasteiger partial charge in [0, 0.05) is 16.6 Å². The number of aromatic nitrogens is 1. The molecule has 19 heavy (non-hydrogen) atoms. The van der Waals surface area contributed by atoms with E-state index in [1.165, 1.54) is 0 Å². The van der Waals surface area contributed by atoms with Crippen LogP contribution >= 0.6 is 27.5 Å². The van der Waals surface area contributed by atoms with Crippen molar-refractivity contribution in [3.05, 3.63) is 64.2 Å². The molecular formula is C15H9BrClNO. The molecule has 0 saturated carbocycles. The first-order valence-corrected chi connectivity index (χ1v) is 6.88. The van der Waals surface area contributed by atoms with Crippen molar-refractivity contribution < 1.29 is 4.74 Å². The number of hydrogen-bond acceptors (Lipinski definition) is 2. The van der Waals surface area contributed by atoms with Crippen molar-refractivity contribution in [2.45, 2.75) is 0 Å². The molecule has 0 fully saturated rings. The number of pyridine rings is 1. The zero-order valence-electron chi connectivity index (χ0n) is 9.81. The number of rotatable bonds is 2. The molecule has 0 saturated heterocycles. The van der Waals surface area contributed by atoms with Crippen LogP contribution in [-0.2, 0) is 0 Å². The molecule has 3 rings (SSSR count). The van der Waals surface area contributed by atoms with Gasteiger partial charge in [-0.3, -0.25) is 4.98 Å². The maximum absolute atomic E-state index is 5.97. The van der Waals surface area contributed by atoms with Crippen molar-refractivity contribution in [1.82, 2.24) is 4.98 Å². The summed E-state index contributed by atoms with van der Waals surface area (Å²) in [6.07, 6.45) is 1.71. The lowest BCUT2D eigenvalue weighted by atomic mass is 10.2. The van der Waals surface area contributed by atoms with Gasteiger partial charge >= 0.3 is 0 Å². The standard InChI is InChI=1S/C15H9BrClNO/c16-12-3-1-2-4-15(12)19-14-7-8-18-13-9-10(17)5-6-11(13)14/h1-9H. The summed E-state index contributed by atoms with van der Waals surface area (Å²) in [5.74, 6) is 1.53. The highest BCUT2D eigenvalue weighted by molar-refractivity contribution is 9.10. The Morgan fingerprint density at radius 2 is 1.84 bits per heavy atom. The predicted molar refractivity (Wildman–Crippen MR) is 81.0 cm³/mol. The molecule has 0 atom stereocenters. The number of nitrogens with zero attached hydrogens (tertiary/aromatic N) is 1. The molecule has 0 unspecified atom stereocenters. The van der Waals surface area contributed by atoms with Crippen LogP contribution in [0.25, 0.3) is 10.9 Å². The van der Waals surface area contributed by atoms with Gasteiger partial charge in [-0.15, -0.1) is 0 Å².